The summed E-state index contributed by atoms with van der Waals surface area (Å²) in [6.07, 6.45) is 0. The van der Waals surface area contributed by atoms with Crippen molar-refractivity contribution >= 4 is 19.8 Å². The molecule has 0 spiro atoms. The lowest BCUT2D eigenvalue weighted by atomic mass is 10.3. The van der Waals surface area contributed by atoms with Gasteiger partial charge in [0.2, 0.25) is 5.16 Å². The average molecular weight is 294 g/mol. The van der Waals surface area contributed by atoms with Crippen LogP contribution in [0.5, 0.6) is 5.75 Å². The third-order valence-corrected chi connectivity index (χ3v) is 6.95. The highest BCUT2D eigenvalue weighted by atomic mass is 32.2. The number of rotatable bonds is 5. The Morgan fingerprint density at radius 2 is 1.89 bits per heavy atom. The highest BCUT2D eigenvalue weighted by molar-refractivity contribution is 8.00. The van der Waals surface area contributed by atoms with Gasteiger partial charge in [0.15, 0.2) is 0 Å². The summed E-state index contributed by atoms with van der Waals surface area (Å²) in [7, 11) is 0.536. The van der Waals surface area contributed by atoms with Crippen molar-refractivity contribution in [3.63, 3.8) is 0 Å². The minimum Gasteiger partial charge on any atom is -0.497 e. The molecule has 0 aliphatic rings. The minimum atomic E-state index is -1.12. The highest BCUT2D eigenvalue weighted by Crippen LogP contribution is 2.22. The molecule has 1 heterocycles. The van der Waals surface area contributed by atoms with E-state index in [1.54, 1.807) is 23.6 Å². The van der Waals surface area contributed by atoms with Crippen molar-refractivity contribution in [1.82, 2.24) is 20.2 Å². The molecule has 7 heteroatoms. The van der Waals surface area contributed by atoms with E-state index in [4.69, 9.17) is 4.74 Å². The van der Waals surface area contributed by atoms with E-state index in [2.05, 4.69) is 35.2 Å². The molecule has 102 valence electrons. The Labute approximate surface area is 118 Å². The van der Waals surface area contributed by atoms with Crippen LogP contribution < -0.4 is 4.74 Å². The van der Waals surface area contributed by atoms with Gasteiger partial charge in [0, 0.05) is 0 Å². The van der Waals surface area contributed by atoms with E-state index in [1.165, 1.54) is 0 Å². The van der Waals surface area contributed by atoms with E-state index in [1.807, 2.05) is 24.3 Å². The average Bonchev–Trinajstić information content (AvgIpc) is 2.84. The molecule has 2 aromatic rings. The summed E-state index contributed by atoms with van der Waals surface area (Å²) in [5, 5.41) is 13.9. The molecule has 5 nitrogen and oxygen atoms in total. The second-order valence-corrected chi connectivity index (χ2v) is 12.4. The van der Waals surface area contributed by atoms with Gasteiger partial charge in [0.1, 0.15) is 5.75 Å². The van der Waals surface area contributed by atoms with E-state index >= 15 is 0 Å². The number of thioether (sulfide) groups is 1. The van der Waals surface area contributed by atoms with Gasteiger partial charge in [-0.2, -0.15) is 4.68 Å². The minimum absolute atomic E-state index is 0.827. The number of tetrazole rings is 1. The quantitative estimate of drug-likeness (QED) is 0.627. The molecule has 1 aromatic heterocycles. The van der Waals surface area contributed by atoms with E-state index in [-0.39, 0.29) is 0 Å². The number of methoxy groups -OCH3 is 1. The predicted octanol–water partition coefficient (Wildman–Crippen LogP) is 2.64. The maximum atomic E-state index is 5.15. The summed E-state index contributed by atoms with van der Waals surface area (Å²) in [4.78, 5) is 0. The Balaban J connectivity index is 2.18. The Kier molecular flexibility index (Phi) is 4.26. The molecule has 19 heavy (non-hydrogen) atoms. The van der Waals surface area contributed by atoms with Crippen LogP contribution in [0.25, 0.3) is 5.69 Å². The van der Waals surface area contributed by atoms with Crippen molar-refractivity contribution in [2.45, 2.75) is 24.8 Å². The predicted molar refractivity (Wildman–Crippen MR) is 79.8 cm³/mol. The fraction of sp³-hybridized carbons (Fsp3) is 0.417. The first-order chi connectivity index (χ1) is 8.99. The smallest absolute Gasteiger partial charge is 0.213 e. The first-order valence-corrected chi connectivity index (χ1v) is 10.7. The van der Waals surface area contributed by atoms with Crippen molar-refractivity contribution < 1.29 is 4.74 Å². The molecule has 0 saturated heterocycles. The lowest BCUT2D eigenvalue weighted by Crippen LogP contribution is -2.24. The van der Waals surface area contributed by atoms with Crippen LogP contribution >= 0.6 is 11.8 Å². The van der Waals surface area contributed by atoms with Gasteiger partial charge in [-0.05, 0) is 40.1 Å². The first kappa shape index (κ1) is 14.1. The maximum absolute atomic E-state index is 5.15. The van der Waals surface area contributed by atoms with Gasteiger partial charge in [-0.25, -0.2) is 0 Å². The molecular formula is C12H18N4OSSi. The Morgan fingerprint density at radius 3 is 2.47 bits per heavy atom. The number of nitrogens with zero attached hydrogens (tertiary/aromatic N) is 4. The number of ether oxygens (including phenoxy) is 1. The summed E-state index contributed by atoms with van der Waals surface area (Å²) >= 11 is 1.72. The zero-order valence-electron chi connectivity index (χ0n) is 11.6. The molecule has 1 aromatic carbocycles. The van der Waals surface area contributed by atoms with Gasteiger partial charge in [0.05, 0.1) is 20.9 Å². The molecule has 0 atom stereocenters. The van der Waals surface area contributed by atoms with Crippen molar-refractivity contribution in [2.24, 2.45) is 0 Å². The van der Waals surface area contributed by atoms with Crippen molar-refractivity contribution in [2.75, 3.05) is 12.5 Å². The highest BCUT2D eigenvalue weighted by Gasteiger charge is 2.17. The third kappa shape index (κ3) is 3.81. The molecule has 0 bridgehead atoms. The molecule has 0 N–H and O–H groups in total. The summed E-state index contributed by atoms with van der Waals surface area (Å²) in [5.41, 5.74) is 0.948. The first-order valence-electron chi connectivity index (χ1n) is 6.05. The maximum Gasteiger partial charge on any atom is 0.213 e. The van der Waals surface area contributed by atoms with Gasteiger partial charge in [-0.3, -0.25) is 0 Å². The standard InChI is InChI=1S/C12H18N4OSSi/c1-17-11-7-5-10(6-8-11)16-12(13-14-15-16)18-9-19(2,3)4/h5-8H,9H2,1-4H3. The number of benzene rings is 1. The van der Waals surface area contributed by atoms with Crippen LogP contribution in [0.3, 0.4) is 0 Å². The molecule has 0 aliphatic heterocycles. The Hall–Kier alpha value is -1.34. The molecule has 0 fully saturated rings. The van der Waals surface area contributed by atoms with Crippen LogP contribution in [0.15, 0.2) is 29.4 Å². The number of hydrogen-bond donors (Lipinski definition) is 0. The summed E-state index contributed by atoms with van der Waals surface area (Å²) in [6.45, 7) is 7.00. The Morgan fingerprint density at radius 1 is 1.21 bits per heavy atom. The van der Waals surface area contributed by atoms with Crippen LogP contribution in [0, 0.1) is 0 Å². The monoisotopic (exact) mass is 294 g/mol. The van der Waals surface area contributed by atoms with Crippen LogP contribution in [0.2, 0.25) is 19.6 Å². The van der Waals surface area contributed by atoms with E-state index in [9.17, 15) is 0 Å². The molecule has 0 amide bonds. The molecule has 2 rings (SSSR count). The zero-order chi connectivity index (χ0) is 13.9. The second kappa shape index (κ2) is 5.75. The number of aromatic nitrogens is 4. The van der Waals surface area contributed by atoms with Crippen molar-refractivity contribution in [1.29, 1.82) is 0 Å². The van der Waals surface area contributed by atoms with Gasteiger partial charge in [-0.1, -0.05) is 31.4 Å². The van der Waals surface area contributed by atoms with Gasteiger partial charge >= 0.3 is 0 Å². The van der Waals surface area contributed by atoms with Crippen LogP contribution in [0.4, 0.5) is 0 Å². The van der Waals surface area contributed by atoms with Crippen LogP contribution in [-0.2, 0) is 0 Å². The summed E-state index contributed by atoms with van der Waals surface area (Å²) in [5.74, 6) is 0.827. The zero-order valence-corrected chi connectivity index (χ0v) is 13.4. The van der Waals surface area contributed by atoms with E-state index in [0.29, 0.717) is 0 Å². The SMILES string of the molecule is COc1ccc(-n2nnnc2SC[Si](C)(C)C)cc1. The molecule has 0 unspecified atom stereocenters. The molecule has 0 aliphatic carbocycles. The normalized spacial score (nSPS) is 11.6. The largest absolute Gasteiger partial charge is 0.497 e. The molecular weight excluding hydrogens is 276 g/mol. The molecule has 0 saturated carbocycles. The van der Waals surface area contributed by atoms with E-state index in [0.717, 1.165) is 22.0 Å². The van der Waals surface area contributed by atoms with Crippen LogP contribution in [-0.4, -0.2) is 40.8 Å². The number of hydrogen-bond acceptors (Lipinski definition) is 5. The fourth-order valence-corrected chi connectivity index (χ4v) is 4.04. The van der Waals surface area contributed by atoms with Crippen molar-refractivity contribution in [3.05, 3.63) is 24.3 Å². The fourth-order valence-electron chi connectivity index (χ4n) is 1.44. The Bertz CT molecular complexity index is 535. The third-order valence-electron chi connectivity index (χ3n) is 2.39. The van der Waals surface area contributed by atoms with Gasteiger partial charge in [0.25, 0.3) is 0 Å². The topological polar surface area (TPSA) is 52.8 Å². The van der Waals surface area contributed by atoms with Gasteiger partial charge < -0.3 is 4.74 Å². The lowest BCUT2D eigenvalue weighted by molar-refractivity contribution is 0.414. The van der Waals surface area contributed by atoms with Crippen molar-refractivity contribution in [3.8, 4) is 11.4 Å². The summed E-state index contributed by atoms with van der Waals surface area (Å²) < 4.78 is 6.92. The lowest BCUT2D eigenvalue weighted by Gasteiger charge is -2.14. The van der Waals surface area contributed by atoms with Crippen LogP contribution in [0.1, 0.15) is 0 Å². The van der Waals surface area contributed by atoms with Gasteiger partial charge in [-0.15, -0.1) is 5.10 Å². The molecule has 0 radical (unpaired) electrons. The summed E-state index contributed by atoms with van der Waals surface area (Å²) in [6, 6.07) is 7.72. The van der Waals surface area contributed by atoms with E-state index < -0.39 is 8.07 Å². The second-order valence-electron chi connectivity index (χ2n) is 5.42.